The van der Waals surface area contributed by atoms with Crippen LogP contribution < -0.4 is 15.8 Å². The van der Waals surface area contributed by atoms with Gasteiger partial charge in [0.2, 0.25) is 5.91 Å². The van der Waals surface area contributed by atoms with E-state index in [-0.39, 0.29) is 30.9 Å². The van der Waals surface area contributed by atoms with Gasteiger partial charge in [-0.05, 0) is 19.1 Å². The first-order valence-corrected chi connectivity index (χ1v) is 8.56. The second-order valence-electron chi connectivity index (χ2n) is 7.09. The molecule has 3 atom stereocenters. The first-order valence-electron chi connectivity index (χ1n) is 8.56. The first kappa shape index (κ1) is 20.5. The van der Waals surface area contributed by atoms with Crippen molar-refractivity contribution < 1.29 is 28.2 Å². The average Bonchev–Trinajstić information content (AvgIpc) is 2.60. The highest BCUT2D eigenvalue weighted by atomic mass is 19.2. The molecule has 1 saturated carbocycles. The first-order chi connectivity index (χ1) is 12.1. The maximum atomic E-state index is 13.1. The third-order valence-electron chi connectivity index (χ3n) is 5.07. The largest absolute Gasteiger partial charge is 0.491 e. The molecule has 1 aromatic carbocycles. The zero-order chi connectivity index (χ0) is 19.5. The molecule has 6 nitrogen and oxygen atoms in total. The summed E-state index contributed by atoms with van der Waals surface area (Å²) in [5, 5.41) is 12.5. The number of nitrogens with one attached hydrogen (secondary N) is 1. The number of nitrogens with two attached hydrogens (primary N) is 1. The number of carbonyl (C=O) groups excluding carboxylic acids is 1. The molecule has 3 unspecified atom stereocenters. The van der Waals surface area contributed by atoms with Crippen molar-refractivity contribution in [3.63, 3.8) is 0 Å². The average molecular weight is 372 g/mol. The van der Waals surface area contributed by atoms with Crippen molar-refractivity contribution >= 4 is 5.91 Å². The SMILES string of the molecule is CCOC1CC(N)(C(=O)NCC(O)COc2ccc(F)c(F)c2)C1(C)C. The Balaban J connectivity index is 1.80. The number of benzene rings is 1. The third-order valence-corrected chi connectivity index (χ3v) is 5.07. The van der Waals surface area contributed by atoms with Crippen LogP contribution in [0.1, 0.15) is 27.2 Å². The van der Waals surface area contributed by atoms with Crippen molar-refractivity contribution in [2.24, 2.45) is 11.1 Å². The van der Waals surface area contributed by atoms with Crippen LogP contribution in [0.3, 0.4) is 0 Å². The third kappa shape index (κ3) is 3.97. The van der Waals surface area contributed by atoms with Gasteiger partial charge in [0, 0.05) is 31.1 Å². The number of ether oxygens (including phenoxy) is 2. The molecule has 8 heteroatoms. The van der Waals surface area contributed by atoms with Gasteiger partial charge in [0.25, 0.3) is 0 Å². The van der Waals surface area contributed by atoms with Gasteiger partial charge in [-0.25, -0.2) is 8.78 Å². The molecule has 0 saturated heterocycles. The van der Waals surface area contributed by atoms with E-state index in [1.807, 2.05) is 20.8 Å². The van der Waals surface area contributed by atoms with Gasteiger partial charge in [-0.3, -0.25) is 4.79 Å². The molecule has 0 spiro atoms. The highest BCUT2D eigenvalue weighted by molar-refractivity contribution is 5.88. The Labute approximate surface area is 151 Å². The number of hydrogen-bond acceptors (Lipinski definition) is 5. The second kappa shape index (κ2) is 7.85. The Hall–Kier alpha value is -1.77. The topological polar surface area (TPSA) is 93.8 Å². The Bertz CT molecular complexity index is 656. The molecule has 0 aliphatic heterocycles. The number of halogens is 2. The Kier molecular flexibility index (Phi) is 6.21. The fourth-order valence-electron chi connectivity index (χ4n) is 3.01. The lowest BCUT2D eigenvalue weighted by atomic mass is 9.54. The number of rotatable bonds is 8. The lowest BCUT2D eigenvalue weighted by Crippen LogP contribution is -2.76. The number of aliphatic hydroxyl groups is 1. The van der Waals surface area contributed by atoms with Crippen LogP contribution in [0.15, 0.2) is 18.2 Å². The van der Waals surface area contributed by atoms with E-state index >= 15 is 0 Å². The maximum Gasteiger partial charge on any atom is 0.240 e. The predicted molar refractivity (Wildman–Crippen MR) is 91.6 cm³/mol. The monoisotopic (exact) mass is 372 g/mol. The van der Waals surface area contributed by atoms with Crippen molar-refractivity contribution in [3.8, 4) is 5.75 Å². The van der Waals surface area contributed by atoms with E-state index in [1.54, 1.807) is 0 Å². The Morgan fingerprint density at radius 2 is 2.12 bits per heavy atom. The van der Waals surface area contributed by atoms with E-state index in [1.165, 1.54) is 6.07 Å². The van der Waals surface area contributed by atoms with E-state index in [4.69, 9.17) is 15.2 Å². The molecule has 1 amide bonds. The molecule has 0 heterocycles. The molecule has 4 N–H and O–H groups in total. The van der Waals surface area contributed by atoms with Crippen molar-refractivity contribution in [1.29, 1.82) is 0 Å². The minimum absolute atomic E-state index is 0.0726. The van der Waals surface area contributed by atoms with Crippen LogP contribution in [0, 0.1) is 17.0 Å². The van der Waals surface area contributed by atoms with Crippen LogP contribution in [0.25, 0.3) is 0 Å². The van der Waals surface area contributed by atoms with E-state index in [2.05, 4.69) is 5.32 Å². The van der Waals surface area contributed by atoms with Gasteiger partial charge in [-0.15, -0.1) is 0 Å². The van der Waals surface area contributed by atoms with Crippen LogP contribution in [-0.4, -0.2) is 48.5 Å². The minimum atomic E-state index is -1.08. The summed E-state index contributed by atoms with van der Waals surface area (Å²) in [5.41, 5.74) is 4.64. The van der Waals surface area contributed by atoms with E-state index in [0.717, 1.165) is 12.1 Å². The fraction of sp³-hybridized carbons (Fsp3) is 0.611. The van der Waals surface area contributed by atoms with E-state index in [0.29, 0.717) is 13.0 Å². The summed E-state index contributed by atoms with van der Waals surface area (Å²) in [4.78, 5) is 12.4. The van der Waals surface area contributed by atoms with Gasteiger partial charge in [0.05, 0.1) is 6.10 Å². The minimum Gasteiger partial charge on any atom is -0.491 e. The summed E-state index contributed by atoms with van der Waals surface area (Å²) in [6.45, 7) is 5.92. The summed E-state index contributed by atoms with van der Waals surface area (Å²) in [6, 6.07) is 3.08. The zero-order valence-corrected chi connectivity index (χ0v) is 15.2. The van der Waals surface area contributed by atoms with Crippen molar-refractivity contribution in [1.82, 2.24) is 5.32 Å². The van der Waals surface area contributed by atoms with Crippen molar-refractivity contribution in [2.75, 3.05) is 19.8 Å². The van der Waals surface area contributed by atoms with Crippen LogP contribution in [0.2, 0.25) is 0 Å². The molecular weight excluding hydrogens is 346 g/mol. The van der Waals surface area contributed by atoms with E-state index in [9.17, 15) is 18.7 Å². The van der Waals surface area contributed by atoms with Gasteiger partial charge in [-0.2, -0.15) is 0 Å². The predicted octanol–water partition coefficient (Wildman–Crippen LogP) is 1.35. The smallest absolute Gasteiger partial charge is 0.240 e. The van der Waals surface area contributed by atoms with Crippen molar-refractivity contribution in [2.45, 2.75) is 44.9 Å². The molecule has 2 rings (SSSR count). The molecule has 0 bridgehead atoms. The molecule has 0 aromatic heterocycles. The van der Waals surface area contributed by atoms with Gasteiger partial charge < -0.3 is 25.6 Å². The summed E-state index contributed by atoms with van der Waals surface area (Å²) >= 11 is 0. The Morgan fingerprint density at radius 1 is 1.42 bits per heavy atom. The Morgan fingerprint density at radius 3 is 2.69 bits per heavy atom. The van der Waals surface area contributed by atoms with Crippen molar-refractivity contribution in [3.05, 3.63) is 29.8 Å². The summed E-state index contributed by atoms with van der Waals surface area (Å²) in [5.74, 6) is -2.30. The molecule has 26 heavy (non-hydrogen) atoms. The molecule has 0 radical (unpaired) electrons. The molecule has 1 aromatic rings. The number of hydrogen-bond donors (Lipinski definition) is 3. The normalized spacial score (nSPS) is 25.3. The standard InChI is InChI=1S/C18H26F2N2O4/c1-4-25-15-8-18(21,17(15,2)3)16(24)22-9-11(23)10-26-12-5-6-13(19)14(20)7-12/h5-7,11,15,23H,4,8-10,21H2,1-3H3,(H,22,24). The van der Waals surface area contributed by atoms with Gasteiger partial charge >= 0.3 is 0 Å². The molecule has 1 fully saturated rings. The lowest BCUT2D eigenvalue weighted by molar-refractivity contribution is -0.171. The summed E-state index contributed by atoms with van der Waals surface area (Å²) in [7, 11) is 0. The number of carbonyl (C=O) groups is 1. The van der Waals surface area contributed by atoms with Crippen LogP contribution >= 0.6 is 0 Å². The highest BCUT2D eigenvalue weighted by Crippen LogP contribution is 2.49. The summed E-state index contributed by atoms with van der Waals surface area (Å²) < 4.78 is 36.7. The fourth-order valence-corrected chi connectivity index (χ4v) is 3.01. The number of aliphatic hydroxyl groups excluding tert-OH is 1. The summed E-state index contributed by atoms with van der Waals surface area (Å²) in [6.07, 6.45) is -0.715. The van der Waals surface area contributed by atoms with Gasteiger partial charge in [-0.1, -0.05) is 13.8 Å². The van der Waals surface area contributed by atoms with Crippen LogP contribution in [0.5, 0.6) is 5.75 Å². The van der Waals surface area contributed by atoms with E-state index < -0.39 is 28.7 Å². The molecule has 146 valence electrons. The highest BCUT2D eigenvalue weighted by Gasteiger charge is 2.62. The van der Waals surface area contributed by atoms with Crippen LogP contribution in [0.4, 0.5) is 8.78 Å². The van der Waals surface area contributed by atoms with Gasteiger partial charge in [0.15, 0.2) is 11.6 Å². The molecule has 1 aliphatic carbocycles. The van der Waals surface area contributed by atoms with Gasteiger partial charge in [0.1, 0.15) is 24.0 Å². The number of amides is 1. The van der Waals surface area contributed by atoms with Crippen LogP contribution in [-0.2, 0) is 9.53 Å². The zero-order valence-electron chi connectivity index (χ0n) is 15.2. The maximum absolute atomic E-state index is 13.1. The molecular formula is C18H26F2N2O4. The quantitative estimate of drug-likeness (QED) is 0.641. The lowest BCUT2D eigenvalue weighted by Gasteiger charge is -2.57. The second-order valence-corrected chi connectivity index (χ2v) is 7.09. The molecule has 1 aliphatic rings.